The number of furan rings is 1. The molecule has 2 aliphatic carbocycles. The van der Waals surface area contributed by atoms with Crippen molar-refractivity contribution in [2.24, 2.45) is 0 Å². The molecule has 0 saturated carbocycles. The van der Waals surface area contributed by atoms with Crippen LogP contribution in [0.4, 0.5) is 0 Å². The lowest BCUT2D eigenvalue weighted by Gasteiger charge is -2.46. The first-order valence-electron chi connectivity index (χ1n) is 18.2. The number of nitrogens with zero attached hydrogens (tertiary/aromatic N) is 3. The number of benzene rings is 7. The van der Waals surface area contributed by atoms with Crippen molar-refractivity contribution < 1.29 is 4.42 Å². The van der Waals surface area contributed by atoms with E-state index in [0.29, 0.717) is 17.5 Å². The summed E-state index contributed by atoms with van der Waals surface area (Å²) < 4.78 is 6.71. The molecule has 2 heterocycles. The van der Waals surface area contributed by atoms with Crippen molar-refractivity contribution in [1.82, 2.24) is 15.0 Å². The highest BCUT2D eigenvalue weighted by Crippen LogP contribution is 2.62. The van der Waals surface area contributed by atoms with Gasteiger partial charge in [-0.2, -0.15) is 0 Å². The predicted octanol–water partition coefficient (Wildman–Crippen LogP) is 11.8. The number of rotatable bonds is 3. The minimum absolute atomic E-state index is 0.255. The second-order valence-electron chi connectivity index (χ2n) is 14.8. The maximum absolute atomic E-state index is 6.71. The van der Waals surface area contributed by atoms with E-state index in [4.69, 9.17) is 19.4 Å². The lowest BCUT2D eigenvalue weighted by molar-refractivity contribution is 0.562. The van der Waals surface area contributed by atoms with Gasteiger partial charge in [0.25, 0.3) is 0 Å². The molecule has 9 aromatic rings. The summed E-state index contributed by atoms with van der Waals surface area (Å²) in [4.78, 5) is 15.0. The second-order valence-corrected chi connectivity index (χ2v) is 14.8. The Morgan fingerprint density at radius 1 is 0.377 bits per heavy atom. The zero-order chi connectivity index (χ0) is 35.3. The summed E-state index contributed by atoms with van der Waals surface area (Å²) in [5, 5.41) is 2.12. The fourth-order valence-electron chi connectivity index (χ4n) is 9.19. The van der Waals surface area contributed by atoms with Gasteiger partial charge in [0.1, 0.15) is 11.2 Å². The van der Waals surface area contributed by atoms with Gasteiger partial charge < -0.3 is 4.42 Å². The molecule has 0 amide bonds. The fourth-order valence-corrected chi connectivity index (χ4v) is 9.19. The maximum atomic E-state index is 6.71. The van der Waals surface area contributed by atoms with Crippen LogP contribution in [0.15, 0.2) is 168 Å². The van der Waals surface area contributed by atoms with Gasteiger partial charge in [-0.15, -0.1) is 0 Å². The Labute approximate surface area is 307 Å². The first-order valence-corrected chi connectivity index (χ1v) is 18.2. The number of fused-ring (bicyclic) bond motifs is 12. The van der Waals surface area contributed by atoms with Crippen LogP contribution in [-0.2, 0) is 10.8 Å². The fraction of sp³-hybridized carbons (Fsp3) is 0.0816. The third kappa shape index (κ3) is 4.15. The van der Waals surface area contributed by atoms with Crippen LogP contribution in [0.1, 0.15) is 47.2 Å². The monoisotopic (exact) mass is 679 g/mol. The third-order valence-corrected chi connectivity index (χ3v) is 11.6. The molecule has 0 atom stereocenters. The molecule has 1 spiro atoms. The molecule has 0 N–H and O–H groups in total. The summed E-state index contributed by atoms with van der Waals surface area (Å²) in [6, 6.07) is 58.3. The molecule has 0 bridgehead atoms. The Bertz CT molecular complexity index is 2820. The molecular formula is C49H33N3O. The van der Waals surface area contributed by atoms with Gasteiger partial charge in [-0.25, -0.2) is 15.0 Å². The van der Waals surface area contributed by atoms with Gasteiger partial charge in [0.15, 0.2) is 17.5 Å². The van der Waals surface area contributed by atoms with Crippen LogP contribution in [0.25, 0.3) is 67.2 Å². The lowest BCUT2D eigenvalue weighted by Crippen LogP contribution is -2.40. The van der Waals surface area contributed by atoms with Crippen molar-refractivity contribution in [2.75, 3.05) is 0 Å². The van der Waals surface area contributed by atoms with Crippen LogP contribution >= 0.6 is 0 Å². The van der Waals surface area contributed by atoms with Gasteiger partial charge in [0.05, 0.1) is 5.41 Å². The average Bonchev–Trinajstić information content (AvgIpc) is 3.73. The van der Waals surface area contributed by atoms with Crippen molar-refractivity contribution >= 4 is 21.9 Å². The first kappa shape index (κ1) is 30.0. The van der Waals surface area contributed by atoms with Gasteiger partial charge >= 0.3 is 0 Å². The van der Waals surface area contributed by atoms with E-state index < -0.39 is 5.41 Å². The highest BCUT2D eigenvalue weighted by Gasteiger charge is 2.53. The second kappa shape index (κ2) is 10.9. The van der Waals surface area contributed by atoms with Crippen LogP contribution in [-0.4, -0.2) is 15.0 Å². The number of aromatic nitrogens is 3. The molecule has 11 rings (SSSR count). The molecule has 0 saturated heterocycles. The minimum Gasteiger partial charge on any atom is -0.456 e. The smallest absolute Gasteiger partial charge is 0.164 e. The average molecular weight is 680 g/mol. The summed E-state index contributed by atoms with van der Waals surface area (Å²) in [6.45, 7) is 4.71. The zero-order valence-electron chi connectivity index (χ0n) is 29.3. The van der Waals surface area contributed by atoms with Crippen LogP contribution in [0.5, 0.6) is 0 Å². The van der Waals surface area contributed by atoms with E-state index in [-0.39, 0.29) is 5.41 Å². The summed E-state index contributed by atoms with van der Waals surface area (Å²) in [7, 11) is 0. The lowest BCUT2D eigenvalue weighted by atomic mass is 9.55. The normalized spacial score (nSPS) is 14.5. The molecule has 4 heteroatoms. The Kier molecular flexibility index (Phi) is 6.19. The minimum atomic E-state index is -0.479. The first-order chi connectivity index (χ1) is 26.0. The van der Waals surface area contributed by atoms with Gasteiger partial charge in [-0.1, -0.05) is 147 Å². The van der Waals surface area contributed by atoms with Crippen molar-refractivity contribution in [3.63, 3.8) is 0 Å². The molecule has 0 unspecified atom stereocenters. The molecular weight excluding hydrogens is 647 g/mol. The van der Waals surface area contributed by atoms with E-state index >= 15 is 0 Å². The molecule has 0 radical (unpaired) electrons. The highest BCUT2D eigenvalue weighted by molar-refractivity contribution is 6.07. The number of hydrogen-bond donors (Lipinski definition) is 0. The van der Waals surface area contributed by atoms with E-state index in [0.717, 1.165) is 38.6 Å². The summed E-state index contributed by atoms with van der Waals surface area (Å²) in [5.41, 5.74) is 14.3. The number of hydrogen-bond acceptors (Lipinski definition) is 4. The summed E-state index contributed by atoms with van der Waals surface area (Å²) in [5.74, 6) is 1.90. The molecule has 53 heavy (non-hydrogen) atoms. The van der Waals surface area contributed by atoms with Gasteiger partial charge in [0, 0.05) is 32.9 Å². The van der Waals surface area contributed by atoms with E-state index in [2.05, 4.69) is 117 Å². The van der Waals surface area contributed by atoms with Gasteiger partial charge in [-0.3, -0.25) is 0 Å². The molecule has 250 valence electrons. The molecule has 0 fully saturated rings. The molecule has 4 nitrogen and oxygen atoms in total. The van der Waals surface area contributed by atoms with Crippen molar-refractivity contribution in [3.8, 4) is 45.3 Å². The van der Waals surface area contributed by atoms with E-state index in [9.17, 15) is 0 Å². The van der Waals surface area contributed by atoms with Crippen molar-refractivity contribution in [2.45, 2.75) is 24.7 Å². The van der Waals surface area contributed by atoms with Gasteiger partial charge in [-0.05, 0) is 74.8 Å². The van der Waals surface area contributed by atoms with Crippen molar-refractivity contribution in [1.29, 1.82) is 0 Å². The standard InChI is InChI=1S/C49H33N3O/c1-48(2)39-23-13-14-24-40(39)49(37-21-11-9-19-33(37)34-20-10-12-22-38(34)49)42-28-36-35-27-32(25-26-43(35)53-44(36)29-41(42)48)47-51-45(30-15-5-3-6-16-30)50-46(52-47)31-17-7-4-8-18-31/h3-29H,1-2H3. The van der Waals surface area contributed by atoms with Crippen LogP contribution in [0.3, 0.4) is 0 Å². The van der Waals surface area contributed by atoms with Crippen molar-refractivity contribution in [3.05, 3.63) is 197 Å². The van der Waals surface area contributed by atoms with Gasteiger partial charge in [0.2, 0.25) is 0 Å². The summed E-state index contributed by atoms with van der Waals surface area (Å²) in [6.07, 6.45) is 0. The Morgan fingerprint density at radius 2 is 0.868 bits per heavy atom. The Balaban J connectivity index is 1.18. The van der Waals surface area contributed by atoms with E-state index in [1.807, 2.05) is 60.7 Å². The summed E-state index contributed by atoms with van der Waals surface area (Å²) >= 11 is 0. The SMILES string of the molecule is CC1(C)c2ccccc2C2(c3ccccc3-c3ccccc32)c2cc3c(cc21)oc1ccc(-c2nc(-c4ccccc4)nc(-c4ccccc4)n2)cc13. The molecule has 0 aliphatic heterocycles. The molecule has 7 aromatic carbocycles. The third-order valence-electron chi connectivity index (χ3n) is 11.6. The predicted molar refractivity (Wildman–Crippen MR) is 213 cm³/mol. The Hall–Kier alpha value is -6.65. The van der Waals surface area contributed by atoms with Crippen LogP contribution in [0, 0.1) is 0 Å². The van der Waals surface area contributed by atoms with E-state index in [1.54, 1.807) is 0 Å². The van der Waals surface area contributed by atoms with E-state index in [1.165, 1.54) is 44.5 Å². The van der Waals surface area contributed by atoms with Crippen LogP contribution in [0.2, 0.25) is 0 Å². The molecule has 2 aromatic heterocycles. The quantitative estimate of drug-likeness (QED) is 0.186. The zero-order valence-corrected chi connectivity index (χ0v) is 29.3. The molecule has 2 aliphatic rings. The maximum Gasteiger partial charge on any atom is 0.164 e. The van der Waals surface area contributed by atoms with Crippen LogP contribution < -0.4 is 0 Å². The Morgan fingerprint density at radius 3 is 1.47 bits per heavy atom. The topological polar surface area (TPSA) is 51.8 Å². The largest absolute Gasteiger partial charge is 0.456 e. The highest BCUT2D eigenvalue weighted by atomic mass is 16.3.